The molecule has 0 aliphatic carbocycles. The fraction of sp³-hybridized carbons (Fsp3) is 0.667. The lowest BCUT2D eigenvalue weighted by Crippen LogP contribution is -2.07. The van der Waals surface area contributed by atoms with Gasteiger partial charge in [-0.2, -0.15) is 0 Å². The predicted molar refractivity (Wildman–Crippen MR) is 64.2 cm³/mol. The van der Waals surface area contributed by atoms with Crippen LogP contribution in [0.5, 0.6) is 0 Å². The maximum atomic E-state index is 4.50. The van der Waals surface area contributed by atoms with Crippen LogP contribution in [0.2, 0.25) is 0 Å². The molecule has 0 saturated heterocycles. The van der Waals surface area contributed by atoms with Gasteiger partial charge in [-0.05, 0) is 19.3 Å². The lowest BCUT2D eigenvalue weighted by Gasteiger charge is -2.07. The molecule has 0 fully saturated rings. The van der Waals surface area contributed by atoms with Crippen molar-refractivity contribution >= 4 is 5.82 Å². The van der Waals surface area contributed by atoms with Gasteiger partial charge in [0, 0.05) is 24.7 Å². The quantitative estimate of drug-likeness (QED) is 0.779. The Labute approximate surface area is 92.3 Å². The molecule has 3 heteroatoms. The number of anilines is 1. The Morgan fingerprint density at radius 3 is 2.53 bits per heavy atom. The molecule has 0 aromatic carbocycles. The van der Waals surface area contributed by atoms with E-state index in [0.717, 1.165) is 49.6 Å². The highest BCUT2D eigenvalue weighted by molar-refractivity contribution is 5.36. The summed E-state index contributed by atoms with van der Waals surface area (Å²) in [7, 11) is 0. The highest BCUT2D eigenvalue weighted by atomic mass is 15.0. The van der Waals surface area contributed by atoms with E-state index in [1.807, 2.05) is 0 Å². The molecule has 0 aliphatic rings. The molecule has 0 amide bonds. The SMILES string of the molecule is CCCNc1cc(CC)nc(CCC)n1. The van der Waals surface area contributed by atoms with Crippen molar-refractivity contribution in [1.29, 1.82) is 0 Å². The summed E-state index contributed by atoms with van der Waals surface area (Å²) in [6, 6.07) is 2.05. The normalized spacial score (nSPS) is 10.3. The standard InChI is InChI=1S/C12H21N3/c1-4-7-11-14-10(6-3)9-12(15-11)13-8-5-2/h9H,4-8H2,1-3H3,(H,13,14,15). The maximum Gasteiger partial charge on any atom is 0.130 e. The second-order valence-electron chi connectivity index (χ2n) is 3.69. The second-order valence-corrected chi connectivity index (χ2v) is 3.69. The Morgan fingerprint density at radius 1 is 1.13 bits per heavy atom. The zero-order chi connectivity index (χ0) is 11.1. The van der Waals surface area contributed by atoms with E-state index in [2.05, 4.69) is 42.1 Å². The first-order valence-corrected chi connectivity index (χ1v) is 5.90. The van der Waals surface area contributed by atoms with Crippen LogP contribution in [0, 0.1) is 0 Å². The van der Waals surface area contributed by atoms with Gasteiger partial charge in [-0.3, -0.25) is 0 Å². The van der Waals surface area contributed by atoms with Gasteiger partial charge >= 0.3 is 0 Å². The molecule has 0 bridgehead atoms. The molecule has 15 heavy (non-hydrogen) atoms. The van der Waals surface area contributed by atoms with Gasteiger partial charge in [0.05, 0.1) is 0 Å². The van der Waals surface area contributed by atoms with Crippen LogP contribution in [0.15, 0.2) is 6.07 Å². The highest BCUT2D eigenvalue weighted by Crippen LogP contribution is 2.09. The van der Waals surface area contributed by atoms with E-state index < -0.39 is 0 Å². The summed E-state index contributed by atoms with van der Waals surface area (Å²) < 4.78 is 0. The Hall–Kier alpha value is -1.12. The van der Waals surface area contributed by atoms with Crippen molar-refractivity contribution in [3.05, 3.63) is 17.6 Å². The maximum absolute atomic E-state index is 4.50. The van der Waals surface area contributed by atoms with Crippen molar-refractivity contribution in [3.8, 4) is 0 Å². The largest absolute Gasteiger partial charge is 0.370 e. The smallest absolute Gasteiger partial charge is 0.130 e. The Bertz CT molecular complexity index is 297. The molecule has 0 radical (unpaired) electrons. The van der Waals surface area contributed by atoms with E-state index in [1.165, 1.54) is 0 Å². The fourth-order valence-corrected chi connectivity index (χ4v) is 1.41. The van der Waals surface area contributed by atoms with Gasteiger partial charge in [-0.15, -0.1) is 0 Å². The number of aryl methyl sites for hydroxylation is 2. The predicted octanol–water partition coefficient (Wildman–Crippen LogP) is 2.81. The van der Waals surface area contributed by atoms with E-state index >= 15 is 0 Å². The number of hydrogen-bond donors (Lipinski definition) is 1. The minimum atomic E-state index is 0.967. The molecule has 1 N–H and O–H groups in total. The highest BCUT2D eigenvalue weighted by Gasteiger charge is 2.02. The van der Waals surface area contributed by atoms with E-state index in [1.54, 1.807) is 0 Å². The summed E-state index contributed by atoms with van der Waals surface area (Å²) in [5.74, 6) is 1.95. The van der Waals surface area contributed by atoms with Gasteiger partial charge < -0.3 is 5.32 Å². The third-order valence-electron chi connectivity index (χ3n) is 2.22. The Morgan fingerprint density at radius 2 is 1.93 bits per heavy atom. The number of aromatic nitrogens is 2. The summed E-state index contributed by atoms with van der Waals surface area (Å²) in [6.45, 7) is 7.41. The minimum Gasteiger partial charge on any atom is -0.370 e. The Kier molecular flexibility index (Phi) is 5.08. The lowest BCUT2D eigenvalue weighted by molar-refractivity contribution is 0.812. The monoisotopic (exact) mass is 207 g/mol. The zero-order valence-electron chi connectivity index (χ0n) is 10.0. The van der Waals surface area contributed by atoms with Gasteiger partial charge in [-0.25, -0.2) is 9.97 Å². The van der Waals surface area contributed by atoms with Crippen LogP contribution < -0.4 is 5.32 Å². The zero-order valence-corrected chi connectivity index (χ0v) is 10.0. The molecule has 1 rings (SSSR count). The van der Waals surface area contributed by atoms with Crippen LogP contribution in [0.25, 0.3) is 0 Å². The van der Waals surface area contributed by atoms with Gasteiger partial charge in [0.1, 0.15) is 11.6 Å². The Balaban J connectivity index is 2.79. The molecule has 0 spiro atoms. The molecule has 1 aromatic rings. The third-order valence-corrected chi connectivity index (χ3v) is 2.22. The average molecular weight is 207 g/mol. The molecule has 0 atom stereocenters. The van der Waals surface area contributed by atoms with Crippen LogP contribution in [-0.2, 0) is 12.8 Å². The lowest BCUT2D eigenvalue weighted by atomic mass is 10.2. The molecule has 1 heterocycles. The molecular weight excluding hydrogens is 186 g/mol. The average Bonchev–Trinajstić information content (AvgIpc) is 2.26. The van der Waals surface area contributed by atoms with Crippen molar-refractivity contribution in [3.63, 3.8) is 0 Å². The molecule has 0 saturated carbocycles. The first-order valence-electron chi connectivity index (χ1n) is 5.90. The molecular formula is C12H21N3. The first kappa shape index (κ1) is 12.0. The van der Waals surface area contributed by atoms with Crippen molar-refractivity contribution in [2.45, 2.75) is 46.5 Å². The summed E-state index contributed by atoms with van der Waals surface area (Å²) >= 11 is 0. The molecule has 1 aromatic heterocycles. The van der Waals surface area contributed by atoms with Crippen LogP contribution in [0.3, 0.4) is 0 Å². The minimum absolute atomic E-state index is 0.967. The summed E-state index contributed by atoms with van der Waals surface area (Å²) in [5, 5.41) is 3.32. The number of hydrogen-bond acceptors (Lipinski definition) is 3. The van der Waals surface area contributed by atoms with Gasteiger partial charge in [-0.1, -0.05) is 20.8 Å². The number of nitrogens with zero attached hydrogens (tertiary/aromatic N) is 2. The van der Waals surface area contributed by atoms with E-state index in [4.69, 9.17) is 0 Å². The van der Waals surface area contributed by atoms with Crippen molar-refractivity contribution in [2.75, 3.05) is 11.9 Å². The second kappa shape index (κ2) is 6.38. The van der Waals surface area contributed by atoms with Gasteiger partial charge in [0.25, 0.3) is 0 Å². The van der Waals surface area contributed by atoms with Gasteiger partial charge in [0.15, 0.2) is 0 Å². The van der Waals surface area contributed by atoms with Gasteiger partial charge in [0.2, 0.25) is 0 Å². The van der Waals surface area contributed by atoms with Crippen molar-refractivity contribution < 1.29 is 0 Å². The van der Waals surface area contributed by atoms with Crippen molar-refractivity contribution in [1.82, 2.24) is 9.97 Å². The van der Waals surface area contributed by atoms with E-state index in [9.17, 15) is 0 Å². The van der Waals surface area contributed by atoms with Crippen molar-refractivity contribution in [2.24, 2.45) is 0 Å². The fourth-order valence-electron chi connectivity index (χ4n) is 1.41. The molecule has 3 nitrogen and oxygen atoms in total. The molecule has 84 valence electrons. The number of nitrogens with one attached hydrogen (secondary N) is 1. The summed E-state index contributed by atoms with van der Waals surface area (Å²) in [5.41, 5.74) is 1.13. The van der Waals surface area contributed by atoms with Crippen LogP contribution >= 0.6 is 0 Å². The molecule has 0 aliphatic heterocycles. The van der Waals surface area contributed by atoms with Crippen LogP contribution in [0.4, 0.5) is 5.82 Å². The molecule has 0 unspecified atom stereocenters. The van der Waals surface area contributed by atoms with Crippen LogP contribution in [0.1, 0.15) is 45.1 Å². The summed E-state index contributed by atoms with van der Waals surface area (Å²) in [6.07, 6.45) is 4.16. The van der Waals surface area contributed by atoms with Crippen LogP contribution in [-0.4, -0.2) is 16.5 Å². The van der Waals surface area contributed by atoms with E-state index in [0.29, 0.717) is 0 Å². The number of rotatable bonds is 6. The third kappa shape index (κ3) is 3.86. The first-order chi connectivity index (χ1) is 7.30. The topological polar surface area (TPSA) is 37.8 Å². The van der Waals surface area contributed by atoms with E-state index in [-0.39, 0.29) is 0 Å². The summed E-state index contributed by atoms with van der Waals surface area (Å²) in [4.78, 5) is 8.98.